The van der Waals surface area contributed by atoms with E-state index in [0.29, 0.717) is 10.0 Å². The molecule has 0 aliphatic heterocycles. The van der Waals surface area contributed by atoms with Crippen LogP contribution in [0.4, 0.5) is 10.5 Å². The number of nitrogens with one attached hydrogen (secondary N) is 1. The van der Waals surface area contributed by atoms with Gasteiger partial charge in [-0.2, -0.15) is 0 Å². The number of thiazole rings is 1. The number of thioether (sulfide) groups is 1. The molecule has 1 heterocycles. The summed E-state index contributed by atoms with van der Waals surface area (Å²) in [6.07, 6.45) is -1.11. The van der Waals surface area contributed by atoms with Gasteiger partial charge in [-0.1, -0.05) is 17.8 Å². The highest BCUT2D eigenvalue weighted by molar-refractivity contribution is 8.01. The van der Waals surface area contributed by atoms with Crippen molar-refractivity contribution in [1.29, 1.82) is 0 Å². The summed E-state index contributed by atoms with van der Waals surface area (Å²) in [6.45, 7) is 3.72. The van der Waals surface area contributed by atoms with Crippen LogP contribution in [-0.2, 0) is 9.53 Å². The molecule has 0 saturated carbocycles. The van der Waals surface area contributed by atoms with Gasteiger partial charge in [-0.3, -0.25) is 4.79 Å². The Balaban J connectivity index is 2.04. The Labute approximate surface area is 140 Å². The molecule has 0 bridgehead atoms. The predicted molar refractivity (Wildman–Crippen MR) is 90.9 cm³/mol. The fourth-order valence-electron chi connectivity index (χ4n) is 1.70. The molecule has 2 rings (SSSR count). The summed E-state index contributed by atoms with van der Waals surface area (Å²) < 4.78 is 6.27. The lowest BCUT2D eigenvalue weighted by Gasteiger charge is -2.14. The largest absolute Gasteiger partial charge is 0.506 e. The van der Waals surface area contributed by atoms with Gasteiger partial charge in [-0.25, -0.2) is 9.78 Å². The van der Waals surface area contributed by atoms with Gasteiger partial charge in [0, 0.05) is 18.0 Å². The van der Waals surface area contributed by atoms with Crippen molar-refractivity contribution < 1.29 is 19.4 Å². The molecule has 0 fully saturated rings. The number of carbonyl (C=O) groups excluding carboxylic acids is 1. The topological polar surface area (TPSA) is 115 Å². The minimum absolute atomic E-state index is 0.130. The fraction of sp³-hybridized carbons (Fsp3) is 0.214. The van der Waals surface area contributed by atoms with Crippen molar-refractivity contribution in [1.82, 2.24) is 10.3 Å². The minimum atomic E-state index is -1.50. The first kappa shape index (κ1) is 17.1. The molecule has 0 spiro atoms. The van der Waals surface area contributed by atoms with Crippen molar-refractivity contribution >= 4 is 51.1 Å². The second kappa shape index (κ2) is 7.84. The van der Waals surface area contributed by atoms with Gasteiger partial charge in [0.15, 0.2) is 10.4 Å². The maximum absolute atomic E-state index is 11.9. The average Bonchev–Trinajstić information content (AvgIpc) is 2.90. The van der Waals surface area contributed by atoms with Gasteiger partial charge in [-0.05, 0) is 18.2 Å². The molecule has 7 nitrogen and oxygen atoms in total. The number of hydrogen-bond acceptors (Lipinski definition) is 7. The monoisotopic (exact) mass is 353 g/mol. The van der Waals surface area contributed by atoms with E-state index >= 15 is 0 Å². The molecule has 23 heavy (non-hydrogen) atoms. The number of carbonyl (C=O) groups is 2. The predicted octanol–water partition coefficient (Wildman–Crippen LogP) is 2.34. The number of nitrogens with two attached hydrogens (primary N) is 1. The third-order valence-electron chi connectivity index (χ3n) is 2.71. The second-order valence-electron chi connectivity index (χ2n) is 4.42. The SMILES string of the molecule is C=CCNC(=O)C(CSc1nc2ccc(N)cc2s1)OC(=O)O. The number of nitrogens with zero attached hydrogens (tertiary/aromatic N) is 1. The van der Waals surface area contributed by atoms with Crippen LogP contribution in [0.1, 0.15) is 0 Å². The molecule has 4 N–H and O–H groups in total. The van der Waals surface area contributed by atoms with E-state index in [0.717, 1.165) is 10.2 Å². The summed E-state index contributed by atoms with van der Waals surface area (Å²) in [5.41, 5.74) is 7.17. The summed E-state index contributed by atoms with van der Waals surface area (Å²) in [5, 5.41) is 11.3. The van der Waals surface area contributed by atoms with E-state index in [2.05, 4.69) is 21.6 Å². The van der Waals surface area contributed by atoms with Crippen molar-refractivity contribution in [3.05, 3.63) is 30.9 Å². The lowest BCUT2D eigenvalue weighted by atomic mass is 10.3. The number of ether oxygens (including phenoxy) is 1. The van der Waals surface area contributed by atoms with Gasteiger partial charge < -0.3 is 20.9 Å². The molecule has 0 saturated heterocycles. The molecule has 1 unspecified atom stereocenters. The van der Waals surface area contributed by atoms with Crippen LogP contribution < -0.4 is 11.1 Å². The summed E-state index contributed by atoms with van der Waals surface area (Å²) in [6, 6.07) is 5.39. The third-order valence-corrected chi connectivity index (χ3v) is 4.93. The van der Waals surface area contributed by atoms with Crippen molar-refractivity contribution in [2.75, 3.05) is 18.0 Å². The fourth-order valence-corrected chi connectivity index (χ4v) is 3.83. The van der Waals surface area contributed by atoms with Crippen LogP contribution in [-0.4, -0.2) is 40.6 Å². The van der Waals surface area contributed by atoms with Crippen molar-refractivity contribution in [2.24, 2.45) is 0 Å². The summed E-state index contributed by atoms with van der Waals surface area (Å²) in [5.74, 6) is -0.380. The van der Waals surface area contributed by atoms with Crippen LogP contribution in [0.5, 0.6) is 0 Å². The Kier molecular flexibility index (Phi) is 5.83. The van der Waals surface area contributed by atoms with E-state index in [1.807, 2.05) is 12.1 Å². The van der Waals surface area contributed by atoms with E-state index < -0.39 is 18.2 Å². The van der Waals surface area contributed by atoms with Gasteiger partial charge in [-0.15, -0.1) is 17.9 Å². The number of nitrogen functional groups attached to an aromatic ring is 1. The minimum Gasteiger partial charge on any atom is -0.450 e. The standard InChI is InChI=1S/C14H15N3O4S2/c1-2-5-16-12(18)10(21-14(19)20)7-22-13-17-9-4-3-8(15)6-11(9)23-13/h2-4,6,10H,1,5,7,15H2,(H,16,18)(H,19,20). The number of carboxylic acid groups (broad SMARTS) is 1. The molecule has 122 valence electrons. The van der Waals surface area contributed by atoms with Crippen LogP contribution in [0.25, 0.3) is 10.2 Å². The van der Waals surface area contributed by atoms with Gasteiger partial charge in [0.1, 0.15) is 0 Å². The number of hydrogen-bond donors (Lipinski definition) is 3. The van der Waals surface area contributed by atoms with Crippen LogP contribution in [0.15, 0.2) is 35.2 Å². The molecule has 0 aliphatic rings. The summed E-state index contributed by atoms with van der Waals surface area (Å²) in [4.78, 5) is 27.0. The first-order valence-electron chi connectivity index (χ1n) is 6.56. The first-order chi connectivity index (χ1) is 11.0. The van der Waals surface area contributed by atoms with Gasteiger partial charge in [0.2, 0.25) is 0 Å². The second-order valence-corrected chi connectivity index (χ2v) is 6.72. The zero-order chi connectivity index (χ0) is 16.8. The zero-order valence-corrected chi connectivity index (χ0v) is 13.7. The van der Waals surface area contributed by atoms with Gasteiger partial charge >= 0.3 is 6.16 Å². The Hall–Kier alpha value is -2.26. The highest BCUT2D eigenvalue weighted by Crippen LogP contribution is 2.31. The van der Waals surface area contributed by atoms with Crippen LogP contribution >= 0.6 is 23.1 Å². The number of aromatic nitrogens is 1. The first-order valence-corrected chi connectivity index (χ1v) is 8.37. The normalized spacial score (nSPS) is 11.8. The van der Waals surface area contributed by atoms with Gasteiger partial charge in [0.05, 0.1) is 10.2 Å². The number of rotatable bonds is 7. The maximum Gasteiger partial charge on any atom is 0.506 e. The van der Waals surface area contributed by atoms with Crippen LogP contribution in [0, 0.1) is 0 Å². The lowest BCUT2D eigenvalue weighted by Crippen LogP contribution is -2.39. The Morgan fingerprint density at radius 2 is 2.35 bits per heavy atom. The molecule has 9 heteroatoms. The molecular formula is C14H15N3O4S2. The van der Waals surface area contributed by atoms with Crippen molar-refractivity contribution in [2.45, 2.75) is 10.4 Å². The van der Waals surface area contributed by atoms with Crippen LogP contribution in [0.3, 0.4) is 0 Å². The van der Waals surface area contributed by atoms with Gasteiger partial charge in [0.25, 0.3) is 5.91 Å². The van der Waals surface area contributed by atoms with E-state index in [1.165, 1.54) is 29.2 Å². The van der Waals surface area contributed by atoms with E-state index in [4.69, 9.17) is 10.8 Å². The Morgan fingerprint density at radius 1 is 1.57 bits per heavy atom. The Bertz CT molecular complexity index is 732. The molecule has 0 aliphatic carbocycles. The van der Waals surface area contributed by atoms with Crippen molar-refractivity contribution in [3.63, 3.8) is 0 Å². The number of amides is 1. The van der Waals surface area contributed by atoms with E-state index in [1.54, 1.807) is 6.07 Å². The average molecular weight is 353 g/mol. The Morgan fingerprint density at radius 3 is 3.04 bits per heavy atom. The van der Waals surface area contributed by atoms with Crippen molar-refractivity contribution in [3.8, 4) is 0 Å². The molecule has 1 aromatic heterocycles. The highest BCUT2D eigenvalue weighted by Gasteiger charge is 2.23. The molecular weight excluding hydrogens is 338 g/mol. The summed E-state index contributed by atoms with van der Waals surface area (Å²) >= 11 is 2.68. The molecule has 1 aromatic carbocycles. The summed E-state index contributed by atoms with van der Waals surface area (Å²) in [7, 11) is 0. The van der Waals surface area contributed by atoms with E-state index in [-0.39, 0.29) is 12.3 Å². The maximum atomic E-state index is 11.9. The highest BCUT2D eigenvalue weighted by atomic mass is 32.2. The number of fused-ring (bicyclic) bond motifs is 1. The quantitative estimate of drug-likeness (QED) is 0.303. The van der Waals surface area contributed by atoms with Crippen LogP contribution in [0.2, 0.25) is 0 Å². The smallest absolute Gasteiger partial charge is 0.450 e. The molecule has 0 radical (unpaired) electrons. The molecule has 2 aromatic rings. The zero-order valence-electron chi connectivity index (χ0n) is 12.0. The third kappa shape index (κ3) is 4.86. The molecule has 1 amide bonds. The lowest BCUT2D eigenvalue weighted by molar-refractivity contribution is -0.129. The number of benzene rings is 1. The molecule has 1 atom stereocenters. The number of anilines is 1. The van der Waals surface area contributed by atoms with E-state index in [9.17, 15) is 9.59 Å².